The Morgan fingerprint density at radius 3 is 2.46 bits per heavy atom. The molecule has 1 saturated carbocycles. The monoisotopic (exact) mass is 384 g/mol. The zero-order valence-electron chi connectivity index (χ0n) is 17.0. The Labute approximate surface area is 165 Å². The third-order valence-electron chi connectivity index (χ3n) is 5.50. The molecule has 4 rings (SSSR count). The second kappa shape index (κ2) is 6.84. The van der Waals surface area contributed by atoms with Crippen LogP contribution in [0.5, 0.6) is 0 Å². The van der Waals surface area contributed by atoms with Crippen molar-refractivity contribution in [3.63, 3.8) is 0 Å². The van der Waals surface area contributed by atoms with Crippen LogP contribution in [0, 0.1) is 0 Å². The van der Waals surface area contributed by atoms with Gasteiger partial charge in [0, 0.05) is 26.7 Å². The van der Waals surface area contributed by atoms with Gasteiger partial charge in [-0.3, -0.25) is 9.80 Å². The molecule has 8 nitrogen and oxygen atoms in total. The maximum Gasteiger partial charge on any atom is 0.410 e. The second-order valence-corrected chi connectivity index (χ2v) is 8.80. The van der Waals surface area contributed by atoms with E-state index < -0.39 is 5.60 Å². The molecule has 1 spiro atoms. The number of rotatable bonds is 3. The summed E-state index contributed by atoms with van der Waals surface area (Å²) in [7, 11) is 1.87. The number of benzene rings is 1. The molecule has 1 atom stereocenters. The first kappa shape index (κ1) is 18.9. The molecule has 1 aromatic carbocycles. The largest absolute Gasteiger partial charge is 0.444 e. The number of amides is 1. The van der Waals surface area contributed by atoms with Crippen molar-refractivity contribution < 1.29 is 9.53 Å². The van der Waals surface area contributed by atoms with E-state index in [0.717, 1.165) is 37.3 Å². The highest BCUT2D eigenvalue weighted by molar-refractivity contribution is 5.70. The first-order valence-electron chi connectivity index (χ1n) is 9.81. The number of hydrogen-bond acceptors (Lipinski definition) is 6. The van der Waals surface area contributed by atoms with Gasteiger partial charge in [0.05, 0.1) is 11.6 Å². The molecule has 2 fully saturated rings. The summed E-state index contributed by atoms with van der Waals surface area (Å²) >= 11 is 0. The fourth-order valence-electron chi connectivity index (χ4n) is 4.03. The molecule has 1 unspecified atom stereocenters. The molecule has 0 radical (unpaired) electrons. The van der Waals surface area contributed by atoms with Crippen LogP contribution in [0.25, 0.3) is 0 Å². The third kappa shape index (κ3) is 3.61. The van der Waals surface area contributed by atoms with Crippen LogP contribution in [0.15, 0.2) is 30.3 Å². The summed E-state index contributed by atoms with van der Waals surface area (Å²) in [6.07, 6.45) is 1.80. The molecule has 2 aliphatic rings. The molecule has 2 heterocycles. The van der Waals surface area contributed by atoms with Crippen LogP contribution in [0.1, 0.15) is 51.0 Å². The molecule has 28 heavy (non-hydrogen) atoms. The van der Waals surface area contributed by atoms with E-state index in [-0.39, 0.29) is 17.7 Å². The summed E-state index contributed by atoms with van der Waals surface area (Å²) in [5.41, 5.74) is 0.530. The standard InChI is InChI=1S/C20H28N6O2/c1-19(2,3)28-18(27)26-13-12-25(14-20(26)10-11-20)16(15-8-6-5-7-9-15)17-21-22-23-24(17)4/h5-9,16H,10-14H2,1-4H3. The quantitative estimate of drug-likeness (QED) is 0.809. The smallest absolute Gasteiger partial charge is 0.410 e. The molecule has 0 bridgehead atoms. The van der Waals surface area contributed by atoms with Gasteiger partial charge in [0.2, 0.25) is 0 Å². The first-order chi connectivity index (χ1) is 13.3. The lowest BCUT2D eigenvalue weighted by atomic mass is 10.0. The number of ether oxygens (including phenoxy) is 1. The summed E-state index contributed by atoms with van der Waals surface area (Å²) in [6.45, 7) is 7.91. The predicted molar refractivity (Wildman–Crippen MR) is 104 cm³/mol. The van der Waals surface area contributed by atoms with E-state index >= 15 is 0 Å². The second-order valence-electron chi connectivity index (χ2n) is 8.80. The van der Waals surface area contributed by atoms with E-state index in [1.54, 1.807) is 4.68 Å². The van der Waals surface area contributed by atoms with E-state index in [1.165, 1.54) is 0 Å². The molecule has 1 saturated heterocycles. The average molecular weight is 384 g/mol. The summed E-state index contributed by atoms with van der Waals surface area (Å²) in [6, 6.07) is 10.3. The molecule has 2 aromatic rings. The molecule has 0 N–H and O–H groups in total. The fourth-order valence-corrected chi connectivity index (χ4v) is 4.03. The van der Waals surface area contributed by atoms with E-state index in [9.17, 15) is 4.79 Å². The molecule has 1 amide bonds. The van der Waals surface area contributed by atoms with Crippen molar-refractivity contribution in [1.29, 1.82) is 0 Å². The normalized spacial score (nSPS) is 20.2. The van der Waals surface area contributed by atoms with Crippen molar-refractivity contribution in [3.05, 3.63) is 41.7 Å². The molecule has 1 aliphatic heterocycles. The van der Waals surface area contributed by atoms with E-state index in [4.69, 9.17) is 4.74 Å². The Kier molecular flexibility index (Phi) is 4.61. The Bertz CT molecular complexity index is 840. The van der Waals surface area contributed by atoms with E-state index in [1.807, 2.05) is 50.9 Å². The lowest BCUT2D eigenvalue weighted by molar-refractivity contribution is -0.0120. The van der Waals surface area contributed by atoms with Gasteiger partial charge >= 0.3 is 6.09 Å². The molecular formula is C20H28N6O2. The number of nitrogens with zero attached hydrogens (tertiary/aromatic N) is 6. The SMILES string of the molecule is Cn1nnnc1C(c1ccccc1)N1CCN(C(=O)OC(C)(C)C)C2(CC2)C1. The Morgan fingerprint density at radius 1 is 1.18 bits per heavy atom. The average Bonchev–Trinajstić information content (AvgIpc) is 3.26. The van der Waals surface area contributed by atoms with Crippen molar-refractivity contribution in [1.82, 2.24) is 30.0 Å². The van der Waals surface area contributed by atoms with Crippen LogP contribution in [0.2, 0.25) is 0 Å². The van der Waals surface area contributed by atoms with Crippen LogP contribution in [-0.4, -0.2) is 66.9 Å². The molecule has 8 heteroatoms. The maximum absolute atomic E-state index is 12.7. The zero-order valence-corrected chi connectivity index (χ0v) is 17.0. The highest BCUT2D eigenvalue weighted by Gasteiger charge is 2.55. The van der Waals surface area contributed by atoms with Gasteiger partial charge in [0.25, 0.3) is 0 Å². The minimum atomic E-state index is -0.485. The highest BCUT2D eigenvalue weighted by Crippen LogP contribution is 2.46. The molecule has 1 aliphatic carbocycles. The van der Waals surface area contributed by atoms with Gasteiger partial charge in [-0.25, -0.2) is 9.48 Å². The Hall–Kier alpha value is -2.48. The third-order valence-corrected chi connectivity index (χ3v) is 5.50. The van der Waals surface area contributed by atoms with Gasteiger partial charge < -0.3 is 4.74 Å². The van der Waals surface area contributed by atoms with Gasteiger partial charge in [0.15, 0.2) is 5.82 Å². The molecule has 150 valence electrons. The Morgan fingerprint density at radius 2 is 1.89 bits per heavy atom. The number of tetrazole rings is 1. The van der Waals surface area contributed by atoms with Crippen molar-refractivity contribution in [2.75, 3.05) is 19.6 Å². The summed E-state index contributed by atoms with van der Waals surface area (Å²) in [5, 5.41) is 12.2. The van der Waals surface area contributed by atoms with Crippen molar-refractivity contribution in [2.24, 2.45) is 7.05 Å². The van der Waals surface area contributed by atoms with Crippen molar-refractivity contribution in [2.45, 2.75) is 50.8 Å². The molecular weight excluding hydrogens is 356 g/mol. The first-order valence-corrected chi connectivity index (χ1v) is 9.81. The van der Waals surface area contributed by atoms with Crippen LogP contribution >= 0.6 is 0 Å². The van der Waals surface area contributed by atoms with Crippen LogP contribution in [0.4, 0.5) is 4.79 Å². The number of aryl methyl sites for hydroxylation is 1. The lowest BCUT2D eigenvalue weighted by Crippen LogP contribution is -2.58. The van der Waals surface area contributed by atoms with Gasteiger partial charge in [-0.1, -0.05) is 30.3 Å². The maximum atomic E-state index is 12.7. The van der Waals surface area contributed by atoms with E-state index in [0.29, 0.717) is 6.54 Å². The number of aromatic nitrogens is 4. The van der Waals surface area contributed by atoms with Crippen LogP contribution in [-0.2, 0) is 11.8 Å². The van der Waals surface area contributed by atoms with Crippen LogP contribution in [0.3, 0.4) is 0 Å². The number of hydrogen-bond donors (Lipinski definition) is 0. The summed E-state index contributed by atoms with van der Waals surface area (Å²) in [5.74, 6) is 0.813. The zero-order chi connectivity index (χ0) is 19.9. The Balaban J connectivity index is 1.59. The van der Waals surface area contributed by atoms with Gasteiger partial charge in [-0.2, -0.15) is 0 Å². The van der Waals surface area contributed by atoms with Gasteiger partial charge in [0.1, 0.15) is 5.60 Å². The number of carbonyl (C=O) groups excluding carboxylic acids is 1. The molecule has 1 aromatic heterocycles. The van der Waals surface area contributed by atoms with Gasteiger partial charge in [-0.15, -0.1) is 5.10 Å². The van der Waals surface area contributed by atoms with Crippen LogP contribution < -0.4 is 0 Å². The fraction of sp³-hybridized carbons (Fsp3) is 0.600. The summed E-state index contributed by atoms with van der Waals surface area (Å²) < 4.78 is 7.39. The van der Waals surface area contributed by atoms with E-state index in [2.05, 4.69) is 32.6 Å². The number of carbonyl (C=O) groups is 1. The topological polar surface area (TPSA) is 76.4 Å². The number of piperazine rings is 1. The van der Waals surface area contributed by atoms with Gasteiger partial charge in [-0.05, 0) is 49.6 Å². The van der Waals surface area contributed by atoms with Crippen molar-refractivity contribution >= 4 is 6.09 Å². The highest BCUT2D eigenvalue weighted by atomic mass is 16.6. The lowest BCUT2D eigenvalue weighted by Gasteiger charge is -2.44. The van der Waals surface area contributed by atoms with Crippen molar-refractivity contribution in [3.8, 4) is 0 Å². The minimum Gasteiger partial charge on any atom is -0.444 e. The summed E-state index contributed by atoms with van der Waals surface area (Å²) in [4.78, 5) is 17.1. The minimum absolute atomic E-state index is 0.0422. The predicted octanol–water partition coefficient (Wildman–Crippen LogP) is 2.38.